The second-order valence-corrected chi connectivity index (χ2v) is 5.48. The van der Waals surface area contributed by atoms with E-state index in [0.717, 1.165) is 12.1 Å². The molecule has 140 valence electrons. The quantitative estimate of drug-likeness (QED) is 0.519. The molecule has 1 aliphatic rings. The molecule has 8 nitrogen and oxygen atoms in total. The highest BCUT2D eigenvalue weighted by molar-refractivity contribution is 5.96. The average Bonchev–Trinajstić information content (AvgIpc) is 2.59. The molecular formula is C17H20FN3O5. The van der Waals surface area contributed by atoms with Crippen LogP contribution in [0.4, 0.5) is 14.9 Å². The van der Waals surface area contributed by atoms with Gasteiger partial charge in [0.05, 0.1) is 29.5 Å². The summed E-state index contributed by atoms with van der Waals surface area (Å²) in [6.07, 6.45) is 0.448. The van der Waals surface area contributed by atoms with Crippen LogP contribution in [0.15, 0.2) is 29.5 Å². The number of rotatable bonds is 6. The number of benzene rings is 1. The van der Waals surface area contributed by atoms with Gasteiger partial charge < -0.3 is 25.8 Å². The van der Waals surface area contributed by atoms with E-state index in [-0.39, 0.29) is 35.7 Å². The van der Waals surface area contributed by atoms with Crippen LogP contribution in [-0.2, 0) is 14.3 Å². The molecule has 0 bridgehead atoms. The summed E-state index contributed by atoms with van der Waals surface area (Å²) in [6, 6.07) is 2.20. The van der Waals surface area contributed by atoms with Crippen LogP contribution in [0.1, 0.15) is 30.6 Å². The van der Waals surface area contributed by atoms with Crippen molar-refractivity contribution in [3.63, 3.8) is 0 Å². The molecule has 1 aliphatic heterocycles. The Morgan fingerprint density at radius 1 is 1.23 bits per heavy atom. The highest BCUT2D eigenvalue weighted by Crippen LogP contribution is 2.19. The van der Waals surface area contributed by atoms with E-state index in [0.29, 0.717) is 6.42 Å². The number of hydrogen-bond donors (Lipinski definition) is 3. The van der Waals surface area contributed by atoms with Crippen LogP contribution in [0.5, 0.6) is 0 Å². The third-order valence-electron chi connectivity index (χ3n) is 3.73. The third kappa shape index (κ3) is 4.29. The Kier molecular flexibility index (Phi) is 6.16. The molecule has 0 radical (unpaired) electrons. The van der Waals surface area contributed by atoms with Gasteiger partial charge in [-0.05, 0) is 31.5 Å². The van der Waals surface area contributed by atoms with Crippen LogP contribution >= 0.6 is 0 Å². The van der Waals surface area contributed by atoms with Crippen LogP contribution in [-0.4, -0.2) is 37.2 Å². The Balaban J connectivity index is 2.23. The number of hydrogen-bond acceptors (Lipinski definition) is 6. The van der Waals surface area contributed by atoms with E-state index in [1.165, 1.54) is 6.07 Å². The fourth-order valence-corrected chi connectivity index (χ4v) is 2.51. The number of urea groups is 1. The second kappa shape index (κ2) is 8.32. The lowest BCUT2D eigenvalue weighted by atomic mass is 10.0. The first-order valence-electron chi connectivity index (χ1n) is 8.07. The van der Waals surface area contributed by atoms with Gasteiger partial charge in [-0.1, -0.05) is 6.92 Å². The van der Waals surface area contributed by atoms with Crippen molar-refractivity contribution in [3.05, 3.63) is 40.8 Å². The van der Waals surface area contributed by atoms with E-state index in [4.69, 9.17) is 15.2 Å². The van der Waals surface area contributed by atoms with Gasteiger partial charge in [-0.15, -0.1) is 0 Å². The molecule has 0 aromatic heterocycles. The summed E-state index contributed by atoms with van der Waals surface area (Å²) < 4.78 is 23.2. The highest BCUT2D eigenvalue weighted by Gasteiger charge is 2.32. The Hall–Kier alpha value is -3.10. The van der Waals surface area contributed by atoms with E-state index in [1.54, 1.807) is 13.8 Å². The van der Waals surface area contributed by atoms with Crippen molar-refractivity contribution >= 4 is 23.7 Å². The smallest absolute Gasteiger partial charge is 0.340 e. The largest absolute Gasteiger partial charge is 0.463 e. The first-order valence-corrected chi connectivity index (χ1v) is 8.07. The Labute approximate surface area is 149 Å². The van der Waals surface area contributed by atoms with Crippen molar-refractivity contribution in [2.45, 2.75) is 26.3 Å². The van der Waals surface area contributed by atoms with Gasteiger partial charge in [-0.3, -0.25) is 0 Å². The number of halogens is 1. The fourth-order valence-electron chi connectivity index (χ4n) is 2.51. The van der Waals surface area contributed by atoms with E-state index < -0.39 is 29.8 Å². The van der Waals surface area contributed by atoms with Crippen LogP contribution in [0.25, 0.3) is 0 Å². The molecule has 0 aliphatic carbocycles. The molecule has 26 heavy (non-hydrogen) atoms. The number of nitrogens with one attached hydrogen (secondary N) is 2. The number of carbonyl (C=O) groups excluding carboxylic acids is 3. The maximum atomic E-state index is 13.1. The topological polar surface area (TPSA) is 120 Å². The van der Waals surface area contributed by atoms with Crippen molar-refractivity contribution < 1.29 is 28.2 Å². The molecule has 0 spiro atoms. The summed E-state index contributed by atoms with van der Waals surface area (Å²) in [7, 11) is 0. The lowest BCUT2D eigenvalue weighted by molar-refractivity contribution is -0.139. The van der Waals surface area contributed by atoms with Gasteiger partial charge in [-0.2, -0.15) is 0 Å². The van der Waals surface area contributed by atoms with Crippen LogP contribution in [0, 0.1) is 5.82 Å². The van der Waals surface area contributed by atoms with Gasteiger partial charge in [0, 0.05) is 5.69 Å². The summed E-state index contributed by atoms with van der Waals surface area (Å²) in [4.78, 5) is 36.1. The van der Waals surface area contributed by atoms with Crippen molar-refractivity contribution in [2.24, 2.45) is 0 Å². The Bertz CT molecular complexity index is 763. The molecular weight excluding hydrogens is 345 g/mol. The number of nitrogen functional groups attached to an aromatic ring is 1. The first kappa shape index (κ1) is 19.2. The molecule has 0 unspecified atom stereocenters. The summed E-state index contributed by atoms with van der Waals surface area (Å²) in [6.45, 7) is 3.24. The standard InChI is InChI=1S/C17H20FN3O5/c1-3-12-14(16(23)25-4-2)13(21-17(24)20-12)8-26-15(22)10-6-5-9(18)7-11(10)19/h5-7,12H,3-4,8,19H2,1-2H3,(H2,20,21,24)/t12-/m0/s1. The number of esters is 2. The maximum absolute atomic E-state index is 13.1. The van der Waals surface area contributed by atoms with E-state index in [9.17, 15) is 18.8 Å². The lowest BCUT2D eigenvalue weighted by Gasteiger charge is -2.28. The van der Waals surface area contributed by atoms with Crippen molar-refractivity contribution in [1.82, 2.24) is 10.6 Å². The van der Waals surface area contributed by atoms with Gasteiger partial charge in [0.1, 0.15) is 12.4 Å². The average molecular weight is 365 g/mol. The monoisotopic (exact) mass is 365 g/mol. The SMILES string of the molecule is CCOC(=O)C1=C(COC(=O)c2ccc(F)cc2N)NC(=O)N[C@H]1CC. The second-order valence-electron chi connectivity index (χ2n) is 5.48. The molecule has 1 aromatic rings. The Morgan fingerprint density at radius 2 is 1.96 bits per heavy atom. The van der Waals surface area contributed by atoms with Crippen molar-refractivity contribution in [2.75, 3.05) is 18.9 Å². The minimum absolute atomic E-state index is 0.0167. The van der Waals surface area contributed by atoms with Gasteiger partial charge in [0.25, 0.3) is 0 Å². The van der Waals surface area contributed by atoms with Crippen LogP contribution in [0.3, 0.4) is 0 Å². The number of amides is 2. The maximum Gasteiger partial charge on any atom is 0.340 e. The molecule has 2 rings (SSSR count). The predicted molar refractivity (Wildman–Crippen MR) is 90.5 cm³/mol. The summed E-state index contributed by atoms with van der Waals surface area (Å²) in [5.74, 6) is -2.00. The predicted octanol–water partition coefficient (Wildman–Crippen LogP) is 1.47. The lowest BCUT2D eigenvalue weighted by Crippen LogP contribution is -2.51. The van der Waals surface area contributed by atoms with Crippen molar-refractivity contribution in [3.8, 4) is 0 Å². The van der Waals surface area contributed by atoms with Gasteiger partial charge in [0.2, 0.25) is 0 Å². The molecule has 1 aromatic carbocycles. The fraction of sp³-hybridized carbons (Fsp3) is 0.353. The summed E-state index contributed by atoms with van der Waals surface area (Å²) >= 11 is 0. The van der Waals surface area contributed by atoms with Gasteiger partial charge in [-0.25, -0.2) is 18.8 Å². The highest BCUT2D eigenvalue weighted by atomic mass is 19.1. The molecule has 1 atom stereocenters. The van der Waals surface area contributed by atoms with Crippen LogP contribution < -0.4 is 16.4 Å². The van der Waals surface area contributed by atoms with Gasteiger partial charge >= 0.3 is 18.0 Å². The normalized spacial score (nSPS) is 16.6. The number of carbonyl (C=O) groups is 3. The molecule has 0 fully saturated rings. The molecule has 0 saturated carbocycles. The van der Waals surface area contributed by atoms with E-state index in [2.05, 4.69) is 10.6 Å². The summed E-state index contributed by atoms with van der Waals surface area (Å²) in [5, 5.41) is 5.07. The van der Waals surface area contributed by atoms with E-state index >= 15 is 0 Å². The van der Waals surface area contributed by atoms with Gasteiger partial charge in [0.15, 0.2) is 0 Å². The zero-order valence-corrected chi connectivity index (χ0v) is 14.4. The number of ether oxygens (including phenoxy) is 2. The number of nitrogens with two attached hydrogens (primary N) is 1. The minimum atomic E-state index is -0.806. The van der Waals surface area contributed by atoms with Crippen LogP contribution in [0.2, 0.25) is 0 Å². The molecule has 1 heterocycles. The van der Waals surface area contributed by atoms with E-state index in [1.807, 2.05) is 0 Å². The summed E-state index contributed by atoms with van der Waals surface area (Å²) in [5.41, 5.74) is 5.84. The molecule has 2 amide bonds. The third-order valence-corrected chi connectivity index (χ3v) is 3.73. The zero-order valence-electron chi connectivity index (χ0n) is 14.4. The first-order chi connectivity index (χ1) is 12.4. The molecule has 9 heteroatoms. The molecule has 4 N–H and O–H groups in total. The zero-order chi connectivity index (χ0) is 19.3. The number of anilines is 1. The Morgan fingerprint density at radius 3 is 2.58 bits per heavy atom. The minimum Gasteiger partial charge on any atom is -0.463 e. The van der Waals surface area contributed by atoms with Crippen molar-refractivity contribution in [1.29, 1.82) is 0 Å². The molecule has 0 saturated heterocycles.